The van der Waals surface area contributed by atoms with E-state index < -0.39 is 16.4 Å². The minimum Gasteiger partial charge on any atom is -0.338 e. The Labute approximate surface area is 116 Å². The minimum atomic E-state index is -0.923. The van der Waals surface area contributed by atoms with Crippen molar-refractivity contribution in [2.45, 2.75) is 20.3 Å². The van der Waals surface area contributed by atoms with Crippen molar-refractivity contribution in [3.05, 3.63) is 39.7 Å². The number of hydrogen-bond acceptors (Lipinski definition) is 3. The molecule has 0 spiro atoms. The van der Waals surface area contributed by atoms with Gasteiger partial charge >= 0.3 is 5.69 Å². The van der Waals surface area contributed by atoms with Gasteiger partial charge in [0.25, 0.3) is 5.91 Å². The molecule has 1 heterocycles. The number of nitro groups is 1. The van der Waals surface area contributed by atoms with E-state index >= 15 is 0 Å². The Morgan fingerprint density at radius 1 is 1.50 bits per heavy atom. The van der Waals surface area contributed by atoms with Gasteiger partial charge in [-0.05, 0) is 30.4 Å². The first kappa shape index (κ1) is 14.4. The van der Waals surface area contributed by atoms with Gasteiger partial charge < -0.3 is 4.90 Å². The summed E-state index contributed by atoms with van der Waals surface area (Å²) in [7, 11) is 0. The fourth-order valence-electron chi connectivity index (χ4n) is 2.48. The first-order chi connectivity index (χ1) is 9.40. The van der Waals surface area contributed by atoms with Crippen LogP contribution in [0.25, 0.3) is 0 Å². The highest BCUT2D eigenvalue weighted by atomic mass is 19.1. The van der Waals surface area contributed by atoms with Crippen LogP contribution in [0, 0.1) is 27.8 Å². The average molecular weight is 280 g/mol. The summed E-state index contributed by atoms with van der Waals surface area (Å²) in [5.74, 6) is -0.242. The molecular formula is C14H17FN2O3. The van der Waals surface area contributed by atoms with Crippen LogP contribution in [-0.4, -0.2) is 28.8 Å². The van der Waals surface area contributed by atoms with Crippen LogP contribution >= 0.6 is 0 Å². The molecule has 108 valence electrons. The molecule has 1 amide bonds. The zero-order valence-electron chi connectivity index (χ0n) is 11.5. The second-order valence-electron chi connectivity index (χ2n) is 5.47. The summed E-state index contributed by atoms with van der Waals surface area (Å²) < 4.78 is 13.3. The van der Waals surface area contributed by atoms with E-state index in [1.807, 2.05) is 0 Å². The number of rotatable bonds is 3. The van der Waals surface area contributed by atoms with E-state index in [1.54, 1.807) is 4.90 Å². The van der Waals surface area contributed by atoms with Gasteiger partial charge in [0.2, 0.25) is 5.82 Å². The Kier molecular flexibility index (Phi) is 4.01. The smallest absolute Gasteiger partial charge is 0.305 e. The van der Waals surface area contributed by atoms with Crippen LogP contribution < -0.4 is 0 Å². The van der Waals surface area contributed by atoms with Crippen molar-refractivity contribution in [2.75, 3.05) is 13.1 Å². The fourth-order valence-corrected chi connectivity index (χ4v) is 2.48. The lowest BCUT2D eigenvalue weighted by molar-refractivity contribution is -0.387. The van der Waals surface area contributed by atoms with E-state index in [-0.39, 0.29) is 11.5 Å². The largest absolute Gasteiger partial charge is 0.338 e. The number of nitro benzene ring substituents is 1. The summed E-state index contributed by atoms with van der Waals surface area (Å²) in [5.41, 5.74) is -0.488. The predicted octanol–water partition coefficient (Wildman–Crippen LogP) is 2.85. The van der Waals surface area contributed by atoms with Crippen molar-refractivity contribution in [3.8, 4) is 0 Å². The van der Waals surface area contributed by atoms with E-state index in [0.29, 0.717) is 24.9 Å². The second-order valence-corrected chi connectivity index (χ2v) is 5.47. The van der Waals surface area contributed by atoms with Crippen LogP contribution in [-0.2, 0) is 0 Å². The lowest BCUT2D eigenvalue weighted by atomic mass is 9.95. The Bertz CT molecular complexity index is 545. The number of nitrogens with zero attached hydrogens (tertiary/aromatic N) is 2. The fraction of sp³-hybridized carbons (Fsp3) is 0.500. The van der Waals surface area contributed by atoms with Gasteiger partial charge in [-0.2, -0.15) is 4.39 Å². The summed E-state index contributed by atoms with van der Waals surface area (Å²) in [6.45, 7) is 5.53. The third-order valence-corrected chi connectivity index (χ3v) is 3.84. The molecule has 1 aromatic rings. The summed E-state index contributed by atoms with van der Waals surface area (Å²) in [4.78, 5) is 23.9. The van der Waals surface area contributed by atoms with Gasteiger partial charge in [-0.1, -0.05) is 13.8 Å². The van der Waals surface area contributed by atoms with Crippen LogP contribution in [0.2, 0.25) is 0 Å². The van der Waals surface area contributed by atoms with Gasteiger partial charge in [0.1, 0.15) is 0 Å². The molecule has 1 unspecified atom stereocenters. The molecule has 1 atom stereocenters. The molecule has 0 N–H and O–H groups in total. The number of amides is 1. The lowest BCUT2D eigenvalue weighted by Crippen LogP contribution is -2.29. The topological polar surface area (TPSA) is 63.5 Å². The van der Waals surface area contributed by atoms with Crippen molar-refractivity contribution >= 4 is 11.6 Å². The Balaban J connectivity index is 2.18. The Morgan fingerprint density at radius 3 is 2.75 bits per heavy atom. The zero-order valence-corrected chi connectivity index (χ0v) is 11.5. The molecule has 1 aromatic carbocycles. The van der Waals surface area contributed by atoms with E-state index in [0.717, 1.165) is 18.6 Å². The molecule has 0 saturated carbocycles. The third kappa shape index (κ3) is 2.79. The summed E-state index contributed by atoms with van der Waals surface area (Å²) in [6, 6.07) is 3.29. The Morgan fingerprint density at radius 2 is 2.20 bits per heavy atom. The molecular weight excluding hydrogens is 263 g/mol. The molecule has 2 rings (SSSR count). The Hall–Kier alpha value is -1.98. The minimum absolute atomic E-state index is 0.169. The monoisotopic (exact) mass is 280 g/mol. The number of carbonyl (C=O) groups is 1. The summed E-state index contributed by atoms with van der Waals surface area (Å²) >= 11 is 0. The maximum Gasteiger partial charge on any atom is 0.305 e. The van der Waals surface area contributed by atoms with Crippen LogP contribution in [0.15, 0.2) is 18.2 Å². The van der Waals surface area contributed by atoms with Crippen molar-refractivity contribution in [1.29, 1.82) is 0 Å². The number of halogens is 1. The maximum atomic E-state index is 13.3. The molecule has 1 saturated heterocycles. The third-order valence-electron chi connectivity index (χ3n) is 3.84. The molecule has 0 bridgehead atoms. The number of benzene rings is 1. The maximum absolute atomic E-state index is 13.3. The van der Waals surface area contributed by atoms with Gasteiger partial charge in [0, 0.05) is 24.7 Å². The van der Waals surface area contributed by atoms with Crippen LogP contribution in [0.5, 0.6) is 0 Å². The highest BCUT2D eigenvalue weighted by Crippen LogP contribution is 2.26. The molecule has 6 heteroatoms. The summed E-state index contributed by atoms with van der Waals surface area (Å²) in [5, 5.41) is 10.7. The molecule has 0 aromatic heterocycles. The van der Waals surface area contributed by atoms with Gasteiger partial charge in [0.05, 0.1) is 4.92 Å². The van der Waals surface area contributed by atoms with Crippen LogP contribution in [0.3, 0.4) is 0 Å². The number of likely N-dealkylation sites (tertiary alicyclic amines) is 1. The van der Waals surface area contributed by atoms with Crippen molar-refractivity contribution < 1.29 is 14.1 Å². The van der Waals surface area contributed by atoms with Crippen LogP contribution in [0.4, 0.5) is 10.1 Å². The average Bonchev–Trinajstić information content (AvgIpc) is 2.87. The normalized spacial score (nSPS) is 18.6. The van der Waals surface area contributed by atoms with Gasteiger partial charge in [-0.25, -0.2) is 0 Å². The van der Waals surface area contributed by atoms with E-state index in [2.05, 4.69) is 13.8 Å². The summed E-state index contributed by atoms with van der Waals surface area (Å²) in [6.07, 6.45) is 0.937. The number of hydrogen-bond donors (Lipinski definition) is 0. The van der Waals surface area contributed by atoms with E-state index in [1.165, 1.54) is 6.07 Å². The van der Waals surface area contributed by atoms with Gasteiger partial charge in [0.15, 0.2) is 0 Å². The first-order valence-corrected chi connectivity index (χ1v) is 6.63. The first-order valence-electron chi connectivity index (χ1n) is 6.63. The molecule has 1 fully saturated rings. The van der Waals surface area contributed by atoms with E-state index in [9.17, 15) is 19.3 Å². The van der Waals surface area contributed by atoms with Gasteiger partial charge in [-0.3, -0.25) is 14.9 Å². The van der Waals surface area contributed by atoms with E-state index in [4.69, 9.17) is 0 Å². The van der Waals surface area contributed by atoms with Gasteiger partial charge in [-0.15, -0.1) is 0 Å². The molecule has 0 aliphatic carbocycles. The highest BCUT2D eigenvalue weighted by molar-refractivity contribution is 5.95. The molecule has 1 aliphatic rings. The van der Waals surface area contributed by atoms with Crippen molar-refractivity contribution in [2.24, 2.45) is 11.8 Å². The second kappa shape index (κ2) is 5.56. The molecule has 20 heavy (non-hydrogen) atoms. The highest BCUT2D eigenvalue weighted by Gasteiger charge is 2.29. The van der Waals surface area contributed by atoms with Crippen molar-refractivity contribution in [3.63, 3.8) is 0 Å². The molecule has 5 nitrogen and oxygen atoms in total. The van der Waals surface area contributed by atoms with Crippen molar-refractivity contribution in [1.82, 2.24) is 4.90 Å². The standard InChI is InChI=1S/C14H17FN2O3/c1-9(2)11-5-6-16(8-11)14(18)10-3-4-12(15)13(7-10)17(19)20/h3-4,7,9,11H,5-6,8H2,1-2H3. The predicted molar refractivity (Wildman–Crippen MR) is 71.9 cm³/mol. The molecule has 0 radical (unpaired) electrons. The SMILES string of the molecule is CC(C)C1CCN(C(=O)c2ccc(F)c([N+](=O)[O-])c2)C1. The quantitative estimate of drug-likeness (QED) is 0.631. The molecule has 1 aliphatic heterocycles. The number of carbonyl (C=O) groups excluding carboxylic acids is 1. The van der Waals surface area contributed by atoms with Crippen LogP contribution in [0.1, 0.15) is 30.6 Å². The lowest BCUT2D eigenvalue weighted by Gasteiger charge is -2.18. The zero-order chi connectivity index (χ0) is 14.9.